The molecule has 2 atom stereocenters. The van der Waals surface area contributed by atoms with E-state index in [4.69, 9.17) is 11.6 Å². The number of amides is 1. The monoisotopic (exact) mass is 506 g/mol. The van der Waals surface area contributed by atoms with Crippen LogP contribution in [0.1, 0.15) is 6.42 Å². The first-order valence-electron chi connectivity index (χ1n) is 11.5. The SMILES string of the molecule is C=CC(=O)N1CC[C@@H]2[C@H]1CN2c1nc(NC)nc2c(F)c(-c3cccc4ccc(F)c(Cl)c34)ncc12. The Hall–Kier alpha value is -3.85. The van der Waals surface area contributed by atoms with Gasteiger partial charge in [-0.1, -0.05) is 42.4 Å². The number of anilines is 2. The van der Waals surface area contributed by atoms with Crippen molar-refractivity contribution in [3.8, 4) is 11.3 Å². The molecule has 2 aliphatic rings. The van der Waals surface area contributed by atoms with Gasteiger partial charge in [-0.2, -0.15) is 4.98 Å². The number of carbonyl (C=O) groups excluding carboxylic acids is 1. The van der Waals surface area contributed by atoms with Crippen molar-refractivity contribution in [1.82, 2.24) is 19.9 Å². The largest absolute Gasteiger partial charge is 0.357 e. The lowest BCUT2D eigenvalue weighted by atomic mass is 9.96. The van der Waals surface area contributed by atoms with Crippen molar-refractivity contribution in [3.05, 3.63) is 65.8 Å². The topological polar surface area (TPSA) is 74.2 Å². The van der Waals surface area contributed by atoms with E-state index >= 15 is 4.39 Å². The number of nitrogens with zero attached hydrogens (tertiary/aromatic N) is 5. The fourth-order valence-corrected chi connectivity index (χ4v) is 5.60. The third-order valence-electron chi connectivity index (χ3n) is 7.10. The van der Waals surface area contributed by atoms with Crippen molar-refractivity contribution in [2.75, 3.05) is 30.4 Å². The van der Waals surface area contributed by atoms with Gasteiger partial charge in [0.25, 0.3) is 0 Å². The summed E-state index contributed by atoms with van der Waals surface area (Å²) in [5.41, 5.74) is 0.498. The summed E-state index contributed by atoms with van der Waals surface area (Å²) < 4.78 is 30.4. The molecular weight excluding hydrogens is 486 g/mol. The number of rotatable bonds is 4. The smallest absolute Gasteiger partial charge is 0.246 e. The number of benzene rings is 2. The molecule has 2 saturated heterocycles. The van der Waals surface area contributed by atoms with Crippen molar-refractivity contribution in [1.29, 1.82) is 0 Å². The van der Waals surface area contributed by atoms with Gasteiger partial charge in [-0.15, -0.1) is 0 Å². The van der Waals surface area contributed by atoms with Crippen molar-refractivity contribution >= 4 is 50.9 Å². The number of hydrogen-bond acceptors (Lipinski definition) is 6. The molecule has 2 fully saturated rings. The van der Waals surface area contributed by atoms with E-state index in [9.17, 15) is 9.18 Å². The second-order valence-electron chi connectivity index (χ2n) is 8.88. The Labute approximate surface area is 210 Å². The van der Waals surface area contributed by atoms with Crippen LogP contribution in [0.15, 0.2) is 49.2 Å². The maximum atomic E-state index is 16.1. The number of carbonyl (C=O) groups is 1. The van der Waals surface area contributed by atoms with E-state index in [-0.39, 0.29) is 40.2 Å². The Kier molecular flexibility index (Phi) is 5.26. The molecular formula is C26H21ClF2N6O. The van der Waals surface area contributed by atoms with Gasteiger partial charge in [0.2, 0.25) is 11.9 Å². The van der Waals surface area contributed by atoms with E-state index in [2.05, 4.69) is 31.7 Å². The van der Waals surface area contributed by atoms with Gasteiger partial charge in [-0.05, 0) is 23.9 Å². The molecule has 182 valence electrons. The lowest BCUT2D eigenvalue weighted by Gasteiger charge is -2.47. The predicted molar refractivity (Wildman–Crippen MR) is 136 cm³/mol. The second kappa shape index (κ2) is 8.37. The average Bonchev–Trinajstić information content (AvgIpc) is 3.21. The van der Waals surface area contributed by atoms with Gasteiger partial charge in [0.05, 0.1) is 22.5 Å². The molecule has 2 aromatic heterocycles. The van der Waals surface area contributed by atoms with E-state index in [0.29, 0.717) is 40.6 Å². The van der Waals surface area contributed by atoms with Crippen LogP contribution in [-0.2, 0) is 4.79 Å². The maximum absolute atomic E-state index is 16.1. The molecule has 7 nitrogen and oxygen atoms in total. The molecule has 0 radical (unpaired) electrons. The van der Waals surface area contributed by atoms with Gasteiger partial charge in [0.1, 0.15) is 22.8 Å². The van der Waals surface area contributed by atoms with Crippen LogP contribution in [0.2, 0.25) is 5.02 Å². The van der Waals surface area contributed by atoms with Crippen LogP contribution in [0, 0.1) is 11.6 Å². The predicted octanol–water partition coefficient (Wildman–Crippen LogP) is 4.79. The van der Waals surface area contributed by atoms with E-state index < -0.39 is 11.6 Å². The third-order valence-corrected chi connectivity index (χ3v) is 7.47. The summed E-state index contributed by atoms with van der Waals surface area (Å²) >= 11 is 6.29. The molecule has 2 aromatic carbocycles. The quantitative estimate of drug-likeness (QED) is 0.401. The molecule has 0 aliphatic carbocycles. The zero-order valence-corrected chi connectivity index (χ0v) is 20.1. The summed E-state index contributed by atoms with van der Waals surface area (Å²) in [7, 11) is 1.66. The molecule has 36 heavy (non-hydrogen) atoms. The van der Waals surface area contributed by atoms with Crippen LogP contribution in [0.25, 0.3) is 32.9 Å². The number of fused-ring (bicyclic) bond motifs is 3. The van der Waals surface area contributed by atoms with Gasteiger partial charge in [0.15, 0.2) is 5.82 Å². The van der Waals surface area contributed by atoms with Gasteiger partial charge >= 0.3 is 0 Å². The molecule has 10 heteroatoms. The minimum atomic E-state index is -0.646. The first-order chi connectivity index (χ1) is 17.4. The molecule has 4 aromatic rings. The number of nitrogens with one attached hydrogen (secondary N) is 1. The van der Waals surface area contributed by atoms with Crippen LogP contribution in [-0.4, -0.2) is 58.0 Å². The first kappa shape index (κ1) is 22.6. The fourth-order valence-electron chi connectivity index (χ4n) is 5.32. The Bertz CT molecular complexity index is 1580. The van der Waals surface area contributed by atoms with Crippen LogP contribution >= 0.6 is 11.6 Å². The normalized spacial score (nSPS) is 18.9. The minimum absolute atomic E-state index is 0.0254. The Morgan fingerprint density at radius 3 is 2.83 bits per heavy atom. The molecule has 0 bridgehead atoms. The highest BCUT2D eigenvalue weighted by molar-refractivity contribution is 6.36. The first-order valence-corrected chi connectivity index (χ1v) is 11.9. The Balaban J connectivity index is 1.49. The Morgan fingerprint density at radius 1 is 1.22 bits per heavy atom. The summed E-state index contributed by atoms with van der Waals surface area (Å²) in [6.45, 7) is 4.79. The van der Waals surface area contributed by atoms with Crippen LogP contribution in [0.5, 0.6) is 0 Å². The lowest BCUT2D eigenvalue weighted by Crippen LogP contribution is -2.63. The fraction of sp³-hybridized carbons (Fsp3) is 0.231. The molecule has 1 N–H and O–H groups in total. The van der Waals surface area contributed by atoms with Crippen LogP contribution < -0.4 is 10.2 Å². The minimum Gasteiger partial charge on any atom is -0.357 e. The highest BCUT2D eigenvalue weighted by atomic mass is 35.5. The van der Waals surface area contributed by atoms with Gasteiger partial charge < -0.3 is 15.1 Å². The summed E-state index contributed by atoms with van der Waals surface area (Å²) in [4.78, 5) is 29.5. The van der Waals surface area contributed by atoms with Gasteiger partial charge in [-0.3, -0.25) is 9.78 Å². The van der Waals surface area contributed by atoms with E-state index in [0.717, 1.165) is 6.42 Å². The molecule has 6 rings (SSSR count). The number of aromatic nitrogens is 3. The highest BCUT2D eigenvalue weighted by Gasteiger charge is 2.49. The van der Waals surface area contributed by atoms with E-state index in [1.54, 1.807) is 37.5 Å². The van der Waals surface area contributed by atoms with E-state index in [1.807, 2.05) is 4.90 Å². The second-order valence-corrected chi connectivity index (χ2v) is 9.26. The summed E-state index contributed by atoms with van der Waals surface area (Å²) in [6, 6.07) is 8.20. The van der Waals surface area contributed by atoms with Gasteiger partial charge in [-0.25, -0.2) is 13.8 Å². The summed E-state index contributed by atoms with van der Waals surface area (Å²) in [5.74, 6) is -0.511. The standard InChI is InChI=1S/C26H21ClF2N6O/c1-3-19(36)34-10-9-17-18(34)12-35(17)25-15-11-31-23(22(29)24(15)32-26(30-2)33-25)14-6-4-5-13-7-8-16(28)21(27)20(13)14/h3-8,11,17-18H,1,9-10,12H2,2H3,(H,30,32,33)/t17-,18-/m1/s1. The Morgan fingerprint density at radius 2 is 2.06 bits per heavy atom. The van der Waals surface area contributed by atoms with Gasteiger partial charge in [0, 0.05) is 37.3 Å². The number of halogens is 3. The zero-order chi connectivity index (χ0) is 25.1. The molecule has 4 heterocycles. The number of hydrogen-bond donors (Lipinski definition) is 1. The molecule has 0 spiro atoms. The number of likely N-dealkylation sites (tertiary alicyclic amines) is 1. The summed E-state index contributed by atoms with van der Waals surface area (Å²) in [6.07, 6.45) is 3.65. The van der Waals surface area contributed by atoms with Crippen LogP contribution in [0.4, 0.5) is 20.5 Å². The van der Waals surface area contributed by atoms with Crippen LogP contribution in [0.3, 0.4) is 0 Å². The number of pyridine rings is 1. The molecule has 1 amide bonds. The molecule has 2 aliphatic heterocycles. The summed E-state index contributed by atoms with van der Waals surface area (Å²) in [5, 5.41) is 4.33. The van der Waals surface area contributed by atoms with Crippen molar-refractivity contribution < 1.29 is 13.6 Å². The van der Waals surface area contributed by atoms with Crippen molar-refractivity contribution in [3.63, 3.8) is 0 Å². The molecule has 0 saturated carbocycles. The van der Waals surface area contributed by atoms with E-state index in [1.165, 1.54) is 12.1 Å². The maximum Gasteiger partial charge on any atom is 0.246 e. The van der Waals surface area contributed by atoms with Crippen molar-refractivity contribution in [2.45, 2.75) is 18.5 Å². The zero-order valence-electron chi connectivity index (χ0n) is 19.3. The average molecular weight is 507 g/mol. The highest BCUT2D eigenvalue weighted by Crippen LogP contribution is 2.41. The lowest BCUT2D eigenvalue weighted by molar-refractivity contribution is -0.127. The third kappa shape index (κ3) is 3.22. The molecule has 0 unspecified atom stereocenters. The van der Waals surface area contributed by atoms with Crippen molar-refractivity contribution in [2.24, 2.45) is 0 Å².